The normalized spacial score (nSPS) is 28.1. The standard InChI is InChI=1S/C9H14N4O2.ClH/c1-2-15-9-8(6-14)11-12-13(9)7-3-4-10-5-7;/h7,9-10H,2-5H2,1H3;1H. The van der Waals surface area contributed by atoms with Gasteiger partial charge in [-0.15, -0.1) is 17.5 Å². The van der Waals surface area contributed by atoms with E-state index < -0.39 is 6.23 Å². The molecule has 1 N–H and O–H groups in total. The minimum absolute atomic E-state index is 0. The van der Waals surface area contributed by atoms with Gasteiger partial charge in [-0.3, -0.25) is 0 Å². The average molecular weight is 247 g/mol. The van der Waals surface area contributed by atoms with Crippen molar-refractivity contribution in [3.63, 3.8) is 0 Å². The molecule has 90 valence electrons. The van der Waals surface area contributed by atoms with Gasteiger partial charge in [0, 0.05) is 13.2 Å². The van der Waals surface area contributed by atoms with Gasteiger partial charge in [-0.05, 0) is 19.9 Å². The first kappa shape index (κ1) is 13.1. The summed E-state index contributed by atoms with van der Waals surface area (Å²) in [4.78, 5) is 10.6. The lowest BCUT2D eigenvalue weighted by Gasteiger charge is -2.26. The van der Waals surface area contributed by atoms with Crippen molar-refractivity contribution in [3.05, 3.63) is 5.70 Å². The van der Waals surface area contributed by atoms with Crippen LogP contribution in [0.2, 0.25) is 0 Å². The maximum Gasteiger partial charge on any atom is 0.203 e. The summed E-state index contributed by atoms with van der Waals surface area (Å²) in [6.45, 7) is 4.23. The van der Waals surface area contributed by atoms with Crippen molar-refractivity contribution in [1.29, 1.82) is 0 Å². The second kappa shape index (κ2) is 5.96. The number of carbonyl (C=O) groups excluding carboxylic acids is 1. The van der Waals surface area contributed by atoms with Gasteiger partial charge in [0.25, 0.3) is 0 Å². The average Bonchev–Trinajstić information content (AvgIpc) is 2.85. The highest BCUT2D eigenvalue weighted by atomic mass is 35.5. The predicted octanol–water partition coefficient (Wildman–Crippen LogP) is 0.531. The molecular formula is C9H15ClN4O2. The van der Waals surface area contributed by atoms with Crippen LogP contribution in [0.4, 0.5) is 0 Å². The van der Waals surface area contributed by atoms with Crippen LogP contribution < -0.4 is 5.32 Å². The topological polar surface area (TPSA) is 66.3 Å². The maximum atomic E-state index is 10.6. The Kier molecular flexibility index (Phi) is 4.89. The Morgan fingerprint density at radius 1 is 1.69 bits per heavy atom. The van der Waals surface area contributed by atoms with Gasteiger partial charge in [0.05, 0.1) is 6.04 Å². The molecule has 0 aliphatic carbocycles. The SMILES string of the molecule is CCOC1C(=C=O)N=NN1C1CCNC1.Cl. The van der Waals surface area contributed by atoms with Gasteiger partial charge < -0.3 is 10.1 Å². The summed E-state index contributed by atoms with van der Waals surface area (Å²) < 4.78 is 5.44. The van der Waals surface area contributed by atoms with Crippen LogP contribution in [0.5, 0.6) is 0 Å². The molecule has 2 aliphatic rings. The molecule has 16 heavy (non-hydrogen) atoms. The molecule has 2 unspecified atom stereocenters. The van der Waals surface area contributed by atoms with Gasteiger partial charge in [0.2, 0.25) is 6.23 Å². The Labute approximate surface area is 100 Å². The fourth-order valence-corrected chi connectivity index (χ4v) is 1.84. The summed E-state index contributed by atoms with van der Waals surface area (Å²) in [7, 11) is 0. The van der Waals surface area contributed by atoms with Crippen LogP contribution in [0, 0.1) is 0 Å². The highest BCUT2D eigenvalue weighted by molar-refractivity contribution is 5.85. The van der Waals surface area contributed by atoms with Gasteiger partial charge >= 0.3 is 0 Å². The molecule has 7 heteroatoms. The van der Waals surface area contributed by atoms with Crippen molar-refractivity contribution in [3.8, 4) is 0 Å². The molecule has 0 bridgehead atoms. The summed E-state index contributed by atoms with van der Waals surface area (Å²) in [6.07, 6.45) is 0.548. The zero-order chi connectivity index (χ0) is 10.7. The van der Waals surface area contributed by atoms with E-state index in [1.807, 2.05) is 6.92 Å². The summed E-state index contributed by atoms with van der Waals surface area (Å²) >= 11 is 0. The molecule has 2 atom stereocenters. The molecule has 0 aromatic carbocycles. The number of rotatable bonds is 3. The summed E-state index contributed by atoms with van der Waals surface area (Å²) in [5.74, 6) is 1.77. The lowest BCUT2D eigenvalue weighted by Crippen LogP contribution is -2.40. The minimum atomic E-state index is -0.447. The van der Waals surface area contributed by atoms with Crippen molar-refractivity contribution < 1.29 is 9.53 Å². The fraction of sp³-hybridized carbons (Fsp3) is 0.778. The second-order valence-corrected chi connectivity index (χ2v) is 3.51. The minimum Gasteiger partial charge on any atom is -0.351 e. The highest BCUT2D eigenvalue weighted by Gasteiger charge is 2.35. The van der Waals surface area contributed by atoms with Crippen LogP contribution in [-0.4, -0.2) is 42.9 Å². The Morgan fingerprint density at radius 3 is 3.06 bits per heavy atom. The second-order valence-electron chi connectivity index (χ2n) is 3.51. The Hall–Kier alpha value is -0.940. The summed E-state index contributed by atoms with van der Waals surface area (Å²) in [5, 5.41) is 12.7. The lowest BCUT2D eigenvalue weighted by molar-refractivity contribution is -0.0348. The number of hydrogen-bond donors (Lipinski definition) is 1. The first-order chi connectivity index (χ1) is 7.36. The van der Waals surface area contributed by atoms with Gasteiger partial charge in [-0.25, -0.2) is 9.80 Å². The van der Waals surface area contributed by atoms with E-state index in [2.05, 4.69) is 15.7 Å². The summed E-state index contributed by atoms with van der Waals surface area (Å²) in [5.41, 5.74) is 0.240. The molecule has 1 fully saturated rings. The van der Waals surface area contributed by atoms with Crippen LogP contribution in [0.15, 0.2) is 16.0 Å². The van der Waals surface area contributed by atoms with Crippen molar-refractivity contribution >= 4 is 18.3 Å². The fourth-order valence-electron chi connectivity index (χ4n) is 1.84. The van der Waals surface area contributed by atoms with Crippen molar-refractivity contribution in [2.24, 2.45) is 10.3 Å². The van der Waals surface area contributed by atoms with Gasteiger partial charge in [0.15, 0.2) is 11.6 Å². The molecule has 6 nitrogen and oxygen atoms in total. The third-order valence-corrected chi connectivity index (χ3v) is 2.57. The largest absolute Gasteiger partial charge is 0.351 e. The lowest BCUT2D eigenvalue weighted by atomic mass is 10.2. The molecule has 0 aromatic rings. The number of nitrogens with zero attached hydrogens (tertiary/aromatic N) is 3. The van der Waals surface area contributed by atoms with E-state index in [1.54, 1.807) is 11.0 Å². The monoisotopic (exact) mass is 246 g/mol. The zero-order valence-corrected chi connectivity index (χ0v) is 9.87. The molecular weight excluding hydrogens is 232 g/mol. The summed E-state index contributed by atoms with van der Waals surface area (Å²) in [6, 6.07) is 0.260. The molecule has 0 radical (unpaired) electrons. The van der Waals surface area contributed by atoms with Crippen molar-refractivity contribution in [1.82, 2.24) is 10.3 Å². The predicted molar refractivity (Wildman–Crippen MR) is 59.8 cm³/mol. The van der Waals surface area contributed by atoms with Crippen molar-refractivity contribution in [2.75, 3.05) is 19.7 Å². The Morgan fingerprint density at radius 2 is 2.50 bits per heavy atom. The van der Waals surface area contributed by atoms with E-state index in [-0.39, 0.29) is 24.1 Å². The van der Waals surface area contributed by atoms with E-state index in [9.17, 15) is 4.79 Å². The zero-order valence-electron chi connectivity index (χ0n) is 9.05. The van der Waals surface area contributed by atoms with Gasteiger partial charge in [-0.1, -0.05) is 5.22 Å². The smallest absolute Gasteiger partial charge is 0.203 e. The van der Waals surface area contributed by atoms with E-state index in [1.165, 1.54) is 0 Å². The van der Waals surface area contributed by atoms with Gasteiger partial charge in [-0.2, -0.15) is 0 Å². The molecule has 0 saturated carbocycles. The molecule has 2 rings (SSSR count). The van der Waals surface area contributed by atoms with E-state index in [0.29, 0.717) is 6.61 Å². The third kappa shape index (κ3) is 2.41. The van der Waals surface area contributed by atoms with Crippen LogP contribution in [0.1, 0.15) is 13.3 Å². The van der Waals surface area contributed by atoms with Crippen molar-refractivity contribution in [2.45, 2.75) is 25.6 Å². The highest BCUT2D eigenvalue weighted by Crippen LogP contribution is 2.25. The molecule has 0 aromatic heterocycles. The molecule has 0 amide bonds. The maximum absolute atomic E-state index is 10.6. The Bertz CT molecular complexity index is 311. The Balaban J connectivity index is 0.00000128. The van der Waals surface area contributed by atoms with Crippen LogP contribution in [-0.2, 0) is 9.53 Å². The number of nitrogens with one attached hydrogen (secondary N) is 1. The quantitative estimate of drug-likeness (QED) is 0.738. The van der Waals surface area contributed by atoms with Crippen LogP contribution in [0.3, 0.4) is 0 Å². The number of hydrogen-bond acceptors (Lipinski definition) is 6. The molecule has 0 spiro atoms. The number of halogens is 1. The molecule has 2 aliphatic heterocycles. The number of ether oxygens (including phenoxy) is 1. The van der Waals surface area contributed by atoms with Gasteiger partial charge in [0.1, 0.15) is 0 Å². The first-order valence-electron chi connectivity index (χ1n) is 5.14. The molecule has 2 heterocycles. The van der Waals surface area contributed by atoms with E-state index in [0.717, 1.165) is 19.5 Å². The third-order valence-electron chi connectivity index (χ3n) is 2.57. The van der Waals surface area contributed by atoms with E-state index in [4.69, 9.17) is 4.74 Å². The van der Waals surface area contributed by atoms with Crippen LogP contribution in [0.25, 0.3) is 0 Å². The van der Waals surface area contributed by atoms with Crippen LogP contribution >= 0.6 is 12.4 Å². The molecule has 1 saturated heterocycles. The first-order valence-corrected chi connectivity index (χ1v) is 5.14. The van der Waals surface area contributed by atoms with E-state index >= 15 is 0 Å².